The average molecular weight is 287 g/mol. The quantitative estimate of drug-likeness (QED) is 0.867. The van der Waals surface area contributed by atoms with Gasteiger partial charge in [-0.25, -0.2) is 9.67 Å². The molecule has 2 aromatic rings. The van der Waals surface area contributed by atoms with E-state index in [9.17, 15) is 0 Å². The monoisotopic (exact) mass is 287 g/mol. The molecular weight excluding hydrogens is 266 g/mol. The highest BCUT2D eigenvalue weighted by molar-refractivity contribution is 5.44. The summed E-state index contributed by atoms with van der Waals surface area (Å²) in [6.07, 6.45) is 0.996. The van der Waals surface area contributed by atoms with Crippen LogP contribution in [-0.4, -0.2) is 35.1 Å². The van der Waals surface area contributed by atoms with Gasteiger partial charge in [-0.1, -0.05) is 12.1 Å². The van der Waals surface area contributed by atoms with E-state index in [1.807, 2.05) is 4.68 Å². The maximum absolute atomic E-state index is 5.51. The molecule has 1 atom stereocenters. The van der Waals surface area contributed by atoms with Gasteiger partial charge in [-0.15, -0.1) is 5.10 Å². The molecule has 0 aliphatic carbocycles. The van der Waals surface area contributed by atoms with Crippen molar-refractivity contribution in [1.82, 2.24) is 14.8 Å². The lowest BCUT2D eigenvalue weighted by atomic mass is 10.1. The van der Waals surface area contributed by atoms with Gasteiger partial charge in [0.25, 0.3) is 0 Å². The van der Waals surface area contributed by atoms with Gasteiger partial charge >= 0.3 is 0 Å². The number of hydrogen-bond donors (Lipinski definition) is 0. The maximum Gasteiger partial charge on any atom is 0.176 e. The summed E-state index contributed by atoms with van der Waals surface area (Å²) in [4.78, 5) is 4.68. The van der Waals surface area contributed by atoms with Crippen LogP contribution in [0.3, 0.4) is 0 Å². The van der Waals surface area contributed by atoms with Crippen molar-refractivity contribution in [3.63, 3.8) is 0 Å². The van der Waals surface area contributed by atoms with Crippen LogP contribution in [0.5, 0.6) is 0 Å². The van der Waals surface area contributed by atoms with Gasteiger partial charge in [0, 0.05) is 19.6 Å². The summed E-state index contributed by atoms with van der Waals surface area (Å²) in [5.74, 6) is 2.01. The molecule has 1 aromatic heterocycles. The highest BCUT2D eigenvalue weighted by atomic mass is 16.5. The minimum Gasteiger partial charge on any atom is -0.381 e. The summed E-state index contributed by atoms with van der Waals surface area (Å²) >= 11 is 0. The van der Waals surface area contributed by atoms with E-state index in [-0.39, 0.29) is 0 Å². The van der Waals surface area contributed by atoms with Gasteiger partial charge in [0.1, 0.15) is 12.4 Å². The summed E-state index contributed by atoms with van der Waals surface area (Å²) < 4.78 is 12.7. The number of ether oxygens (including phenoxy) is 2. The first kappa shape index (κ1) is 14.2. The largest absolute Gasteiger partial charge is 0.381 e. The predicted molar refractivity (Wildman–Crippen MR) is 79.7 cm³/mol. The molecule has 0 spiro atoms. The Morgan fingerprint density at radius 1 is 1.38 bits per heavy atom. The van der Waals surface area contributed by atoms with Gasteiger partial charge in [0.2, 0.25) is 0 Å². The van der Waals surface area contributed by atoms with Gasteiger partial charge in [0.05, 0.1) is 12.3 Å². The van der Waals surface area contributed by atoms with Gasteiger partial charge in [-0.05, 0) is 37.5 Å². The third-order valence-corrected chi connectivity index (χ3v) is 4.05. The van der Waals surface area contributed by atoms with Gasteiger partial charge in [-0.2, -0.15) is 0 Å². The van der Waals surface area contributed by atoms with E-state index in [1.54, 1.807) is 7.11 Å². The molecule has 0 radical (unpaired) electrons. The molecule has 0 bridgehead atoms. The number of aromatic nitrogens is 3. The van der Waals surface area contributed by atoms with Crippen molar-refractivity contribution in [2.45, 2.75) is 32.8 Å². The lowest BCUT2D eigenvalue weighted by Gasteiger charge is -2.13. The van der Waals surface area contributed by atoms with E-state index in [0.717, 1.165) is 37.0 Å². The Morgan fingerprint density at radius 2 is 2.24 bits per heavy atom. The standard InChI is InChI=1S/C16H21N3O2/c1-11-5-4-6-14(12(11)2)19-16(13-7-8-21-9-13)17-15(18-19)10-20-3/h4-6,13H,7-10H2,1-3H3. The Kier molecular flexibility index (Phi) is 4.03. The number of benzene rings is 1. The van der Waals surface area contributed by atoms with Crippen molar-refractivity contribution in [3.05, 3.63) is 41.0 Å². The number of hydrogen-bond acceptors (Lipinski definition) is 4. The first-order valence-corrected chi connectivity index (χ1v) is 7.30. The Morgan fingerprint density at radius 3 is 2.95 bits per heavy atom. The molecule has 2 heterocycles. The molecule has 1 aromatic carbocycles. The minimum atomic E-state index is 0.308. The number of aryl methyl sites for hydroxylation is 1. The summed E-state index contributed by atoms with van der Waals surface area (Å²) in [7, 11) is 1.66. The molecule has 0 N–H and O–H groups in total. The molecule has 21 heavy (non-hydrogen) atoms. The SMILES string of the molecule is COCc1nc(C2CCOC2)n(-c2cccc(C)c2C)n1. The molecule has 5 nitrogen and oxygen atoms in total. The lowest BCUT2D eigenvalue weighted by molar-refractivity contribution is 0.177. The van der Waals surface area contributed by atoms with Gasteiger partial charge in [0.15, 0.2) is 5.82 Å². The van der Waals surface area contributed by atoms with Crippen LogP contribution in [0.15, 0.2) is 18.2 Å². The average Bonchev–Trinajstić information content (AvgIpc) is 3.11. The zero-order chi connectivity index (χ0) is 14.8. The van der Waals surface area contributed by atoms with E-state index in [0.29, 0.717) is 12.5 Å². The van der Waals surface area contributed by atoms with E-state index < -0.39 is 0 Å². The summed E-state index contributed by atoms with van der Waals surface area (Å²) in [6, 6.07) is 6.27. The molecule has 1 unspecified atom stereocenters. The third kappa shape index (κ3) is 2.71. The Balaban J connectivity index is 2.08. The first-order chi connectivity index (χ1) is 10.2. The van der Waals surface area contributed by atoms with Crippen LogP contribution in [0.1, 0.15) is 35.1 Å². The normalized spacial score (nSPS) is 18.3. The highest BCUT2D eigenvalue weighted by Gasteiger charge is 2.25. The number of rotatable bonds is 4. The zero-order valence-electron chi connectivity index (χ0n) is 12.8. The molecule has 1 saturated heterocycles. The maximum atomic E-state index is 5.51. The molecular formula is C16H21N3O2. The van der Waals surface area contributed by atoms with Crippen molar-refractivity contribution in [3.8, 4) is 5.69 Å². The lowest BCUT2D eigenvalue weighted by Crippen LogP contribution is -2.10. The first-order valence-electron chi connectivity index (χ1n) is 7.30. The van der Waals surface area contributed by atoms with Crippen molar-refractivity contribution >= 4 is 0 Å². The van der Waals surface area contributed by atoms with Crippen LogP contribution < -0.4 is 0 Å². The smallest absolute Gasteiger partial charge is 0.176 e. The molecule has 1 aliphatic heterocycles. The Labute approximate surface area is 124 Å². The fourth-order valence-corrected chi connectivity index (χ4v) is 2.70. The summed E-state index contributed by atoms with van der Waals surface area (Å²) in [5.41, 5.74) is 3.57. The molecule has 0 amide bonds. The van der Waals surface area contributed by atoms with Gasteiger partial charge < -0.3 is 9.47 Å². The molecule has 0 saturated carbocycles. The second-order valence-corrected chi connectivity index (χ2v) is 5.51. The topological polar surface area (TPSA) is 49.2 Å². The zero-order valence-corrected chi connectivity index (χ0v) is 12.8. The second-order valence-electron chi connectivity index (χ2n) is 5.51. The van der Waals surface area contributed by atoms with Crippen molar-refractivity contribution < 1.29 is 9.47 Å². The summed E-state index contributed by atoms with van der Waals surface area (Å²) in [6.45, 7) is 6.18. The molecule has 5 heteroatoms. The van der Waals surface area contributed by atoms with Crippen LogP contribution >= 0.6 is 0 Å². The van der Waals surface area contributed by atoms with E-state index in [2.05, 4.69) is 42.1 Å². The minimum absolute atomic E-state index is 0.308. The number of methoxy groups -OCH3 is 1. The molecule has 112 valence electrons. The van der Waals surface area contributed by atoms with Crippen molar-refractivity contribution in [2.75, 3.05) is 20.3 Å². The van der Waals surface area contributed by atoms with Crippen LogP contribution in [0.2, 0.25) is 0 Å². The van der Waals surface area contributed by atoms with Crippen LogP contribution in [0.4, 0.5) is 0 Å². The molecule has 1 fully saturated rings. The fraction of sp³-hybridized carbons (Fsp3) is 0.500. The van der Waals surface area contributed by atoms with Crippen molar-refractivity contribution in [1.29, 1.82) is 0 Å². The van der Waals surface area contributed by atoms with E-state index in [1.165, 1.54) is 11.1 Å². The molecule has 3 rings (SSSR count). The van der Waals surface area contributed by atoms with E-state index >= 15 is 0 Å². The fourth-order valence-electron chi connectivity index (χ4n) is 2.70. The predicted octanol–water partition coefficient (Wildman–Crippen LogP) is 2.53. The second kappa shape index (κ2) is 5.95. The third-order valence-electron chi connectivity index (χ3n) is 4.05. The van der Waals surface area contributed by atoms with E-state index in [4.69, 9.17) is 9.47 Å². The van der Waals surface area contributed by atoms with Crippen LogP contribution in [-0.2, 0) is 16.1 Å². The highest BCUT2D eigenvalue weighted by Crippen LogP contribution is 2.27. The van der Waals surface area contributed by atoms with Crippen LogP contribution in [0, 0.1) is 13.8 Å². The van der Waals surface area contributed by atoms with Crippen molar-refractivity contribution in [2.24, 2.45) is 0 Å². The Hall–Kier alpha value is -1.72. The van der Waals surface area contributed by atoms with Gasteiger partial charge in [-0.3, -0.25) is 0 Å². The van der Waals surface area contributed by atoms with Crippen LogP contribution in [0.25, 0.3) is 5.69 Å². The number of nitrogens with zero attached hydrogens (tertiary/aromatic N) is 3. The summed E-state index contributed by atoms with van der Waals surface area (Å²) in [5, 5.41) is 4.64. The Bertz CT molecular complexity index is 630. The molecule has 1 aliphatic rings.